The molecule has 0 bridgehead atoms. The Hall–Kier alpha value is -1.17. The lowest BCUT2D eigenvalue weighted by molar-refractivity contribution is -0.148. The van der Waals surface area contributed by atoms with Gasteiger partial charge in [-0.3, -0.25) is 4.79 Å². The first-order chi connectivity index (χ1) is 11.1. The molecule has 0 unspecified atom stereocenters. The molecule has 0 aromatic heterocycles. The van der Waals surface area contributed by atoms with Gasteiger partial charge in [-0.2, -0.15) is 0 Å². The van der Waals surface area contributed by atoms with Crippen LogP contribution < -0.4 is 5.73 Å². The molecule has 1 heterocycles. The van der Waals surface area contributed by atoms with Gasteiger partial charge in [-0.15, -0.1) is 12.4 Å². The van der Waals surface area contributed by atoms with Gasteiger partial charge in [0.2, 0.25) is 5.91 Å². The van der Waals surface area contributed by atoms with E-state index >= 15 is 0 Å². The summed E-state index contributed by atoms with van der Waals surface area (Å²) in [7, 11) is 0. The van der Waals surface area contributed by atoms with Crippen molar-refractivity contribution >= 4 is 18.3 Å². The minimum Gasteiger partial charge on any atom is -0.381 e. The molecule has 0 spiro atoms. The van der Waals surface area contributed by atoms with Gasteiger partial charge in [-0.1, -0.05) is 12.1 Å². The van der Waals surface area contributed by atoms with Gasteiger partial charge in [-0.05, 0) is 49.3 Å². The fourth-order valence-corrected chi connectivity index (χ4v) is 3.24. The van der Waals surface area contributed by atoms with Gasteiger partial charge < -0.3 is 15.4 Å². The summed E-state index contributed by atoms with van der Waals surface area (Å²) in [5, 5.41) is 0. The Morgan fingerprint density at radius 2 is 1.88 bits per heavy atom. The molecule has 2 N–H and O–H groups in total. The minimum atomic E-state index is -0.493. The van der Waals surface area contributed by atoms with Gasteiger partial charge in [-0.25, -0.2) is 4.39 Å². The molecule has 1 aliphatic carbocycles. The third kappa shape index (κ3) is 4.47. The molecule has 2 fully saturated rings. The zero-order valence-electron chi connectivity index (χ0n) is 13.9. The second kappa shape index (κ2) is 8.28. The van der Waals surface area contributed by atoms with E-state index in [0.717, 1.165) is 12.1 Å². The van der Waals surface area contributed by atoms with Crippen molar-refractivity contribution in [3.8, 4) is 0 Å². The lowest BCUT2D eigenvalue weighted by Crippen LogP contribution is -2.51. The quantitative estimate of drug-likeness (QED) is 0.852. The summed E-state index contributed by atoms with van der Waals surface area (Å²) in [6.07, 6.45) is 3.75. The normalized spacial score (nSPS) is 19.4. The van der Waals surface area contributed by atoms with Crippen LogP contribution in [0.4, 0.5) is 4.39 Å². The SMILES string of the molecule is Cl.NCC1(C(=O)N(Cc2ccc(F)cc2)CC2CC2)CCOCC1. The predicted molar refractivity (Wildman–Crippen MR) is 93.3 cm³/mol. The summed E-state index contributed by atoms with van der Waals surface area (Å²) in [5.74, 6) is 0.491. The zero-order valence-corrected chi connectivity index (χ0v) is 14.7. The summed E-state index contributed by atoms with van der Waals surface area (Å²) in [6, 6.07) is 6.40. The van der Waals surface area contributed by atoms with E-state index in [0.29, 0.717) is 45.1 Å². The molecule has 1 saturated heterocycles. The Morgan fingerprint density at radius 1 is 1.25 bits per heavy atom. The van der Waals surface area contributed by atoms with E-state index in [-0.39, 0.29) is 24.1 Å². The first kappa shape index (κ1) is 19.2. The van der Waals surface area contributed by atoms with Crippen molar-refractivity contribution in [1.82, 2.24) is 4.90 Å². The van der Waals surface area contributed by atoms with Crippen LogP contribution in [-0.2, 0) is 16.1 Å². The molecule has 1 aliphatic heterocycles. The summed E-state index contributed by atoms with van der Waals surface area (Å²) < 4.78 is 18.5. The van der Waals surface area contributed by atoms with Crippen LogP contribution in [0.3, 0.4) is 0 Å². The third-order valence-corrected chi connectivity index (χ3v) is 5.04. The van der Waals surface area contributed by atoms with Crippen molar-refractivity contribution < 1.29 is 13.9 Å². The van der Waals surface area contributed by atoms with Crippen LogP contribution in [0, 0.1) is 17.2 Å². The molecule has 2 aliphatic rings. The first-order valence-electron chi connectivity index (χ1n) is 8.45. The molecular formula is C18H26ClFN2O2. The van der Waals surface area contributed by atoms with Crippen molar-refractivity contribution in [2.75, 3.05) is 26.3 Å². The Morgan fingerprint density at radius 3 is 2.42 bits per heavy atom. The second-order valence-corrected chi connectivity index (χ2v) is 6.85. The van der Waals surface area contributed by atoms with Gasteiger partial charge in [0.1, 0.15) is 5.82 Å². The van der Waals surface area contributed by atoms with Gasteiger partial charge in [0, 0.05) is 32.8 Å². The number of carbonyl (C=O) groups is 1. The molecule has 6 heteroatoms. The Balaban J connectivity index is 0.00000208. The van der Waals surface area contributed by atoms with E-state index in [4.69, 9.17) is 10.5 Å². The molecule has 0 radical (unpaired) electrons. The second-order valence-electron chi connectivity index (χ2n) is 6.85. The fraction of sp³-hybridized carbons (Fsp3) is 0.611. The maximum atomic E-state index is 13.2. The number of carbonyl (C=O) groups excluding carboxylic acids is 1. The topological polar surface area (TPSA) is 55.6 Å². The maximum absolute atomic E-state index is 13.2. The largest absolute Gasteiger partial charge is 0.381 e. The van der Waals surface area contributed by atoms with Crippen molar-refractivity contribution in [3.63, 3.8) is 0 Å². The molecule has 3 rings (SSSR count). The predicted octanol–water partition coefficient (Wildman–Crippen LogP) is 2.74. The van der Waals surface area contributed by atoms with Crippen molar-refractivity contribution in [2.24, 2.45) is 17.1 Å². The number of benzene rings is 1. The summed E-state index contributed by atoms with van der Waals surface area (Å²) in [6.45, 7) is 2.85. The number of hydrogen-bond donors (Lipinski definition) is 1. The highest BCUT2D eigenvalue weighted by Crippen LogP contribution is 2.35. The van der Waals surface area contributed by atoms with E-state index in [2.05, 4.69) is 0 Å². The Bertz CT molecular complexity index is 542. The summed E-state index contributed by atoms with van der Waals surface area (Å²) in [4.78, 5) is 15.1. The average molecular weight is 357 g/mol. The van der Waals surface area contributed by atoms with E-state index in [1.807, 2.05) is 4.90 Å². The average Bonchev–Trinajstić information content (AvgIpc) is 3.40. The van der Waals surface area contributed by atoms with E-state index < -0.39 is 5.41 Å². The van der Waals surface area contributed by atoms with Gasteiger partial charge in [0.25, 0.3) is 0 Å². The highest BCUT2D eigenvalue weighted by atomic mass is 35.5. The smallest absolute Gasteiger partial charge is 0.230 e. The number of rotatable bonds is 6. The van der Waals surface area contributed by atoms with E-state index in [9.17, 15) is 9.18 Å². The van der Waals surface area contributed by atoms with Gasteiger partial charge in [0.05, 0.1) is 5.41 Å². The molecule has 1 amide bonds. The Labute approximate surface area is 148 Å². The molecular weight excluding hydrogens is 331 g/mol. The van der Waals surface area contributed by atoms with E-state index in [1.54, 1.807) is 12.1 Å². The van der Waals surface area contributed by atoms with Gasteiger partial charge in [0.15, 0.2) is 0 Å². The lowest BCUT2D eigenvalue weighted by atomic mass is 9.78. The first-order valence-corrected chi connectivity index (χ1v) is 8.45. The Kier molecular flexibility index (Phi) is 6.61. The number of nitrogens with zero attached hydrogens (tertiary/aromatic N) is 1. The molecule has 4 nitrogen and oxygen atoms in total. The van der Waals surface area contributed by atoms with Crippen LogP contribution in [0.2, 0.25) is 0 Å². The monoisotopic (exact) mass is 356 g/mol. The molecule has 0 atom stereocenters. The molecule has 24 heavy (non-hydrogen) atoms. The number of amides is 1. The molecule has 1 saturated carbocycles. The van der Waals surface area contributed by atoms with E-state index in [1.165, 1.54) is 25.0 Å². The number of halogens is 2. The van der Waals surface area contributed by atoms with Crippen LogP contribution in [-0.4, -0.2) is 37.1 Å². The third-order valence-electron chi connectivity index (χ3n) is 5.04. The summed E-state index contributed by atoms with van der Waals surface area (Å²) >= 11 is 0. The van der Waals surface area contributed by atoms with Crippen molar-refractivity contribution in [1.29, 1.82) is 0 Å². The number of ether oxygens (including phenoxy) is 1. The van der Waals surface area contributed by atoms with Crippen LogP contribution in [0.15, 0.2) is 24.3 Å². The summed E-state index contributed by atoms with van der Waals surface area (Å²) in [5.41, 5.74) is 6.45. The zero-order chi connectivity index (χ0) is 16.3. The van der Waals surface area contributed by atoms with Crippen molar-refractivity contribution in [2.45, 2.75) is 32.2 Å². The minimum absolute atomic E-state index is 0. The standard InChI is InChI=1S/C18H25FN2O2.ClH/c19-16-5-3-15(4-6-16)12-21(11-14-1-2-14)17(22)18(13-20)7-9-23-10-8-18;/h3-6,14H,1-2,7-13,20H2;1H. The number of hydrogen-bond acceptors (Lipinski definition) is 3. The van der Waals surface area contributed by atoms with Gasteiger partial charge >= 0.3 is 0 Å². The van der Waals surface area contributed by atoms with Crippen molar-refractivity contribution in [3.05, 3.63) is 35.6 Å². The van der Waals surface area contributed by atoms with Crippen LogP contribution in [0.5, 0.6) is 0 Å². The fourth-order valence-electron chi connectivity index (χ4n) is 3.24. The highest BCUT2D eigenvalue weighted by molar-refractivity contribution is 5.85. The lowest BCUT2D eigenvalue weighted by Gasteiger charge is -2.39. The molecule has 1 aromatic carbocycles. The highest BCUT2D eigenvalue weighted by Gasteiger charge is 2.42. The van der Waals surface area contributed by atoms with Crippen LogP contribution in [0.25, 0.3) is 0 Å². The molecule has 1 aromatic rings. The molecule has 134 valence electrons. The van der Waals surface area contributed by atoms with Crippen LogP contribution >= 0.6 is 12.4 Å². The van der Waals surface area contributed by atoms with Crippen LogP contribution in [0.1, 0.15) is 31.2 Å². The maximum Gasteiger partial charge on any atom is 0.230 e. The number of nitrogens with two attached hydrogens (primary N) is 1.